The third kappa shape index (κ3) is 4.50. The maximum Gasteiger partial charge on any atom is 0.289 e. The smallest absolute Gasteiger partial charge is 0.289 e. The lowest BCUT2D eigenvalue weighted by Crippen LogP contribution is -2.53. The summed E-state index contributed by atoms with van der Waals surface area (Å²) in [4.78, 5) is 21.4. The van der Waals surface area contributed by atoms with Crippen molar-refractivity contribution in [1.29, 1.82) is 0 Å². The number of nitrogens with one attached hydrogen (secondary N) is 1. The molecule has 0 atom stereocenters. The number of benzene rings is 1. The first-order valence-electron chi connectivity index (χ1n) is 10.7. The van der Waals surface area contributed by atoms with Gasteiger partial charge in [-0.15, -0.1) is 0 Å². The quantitative estimate of drug-likeness (QED) is 0.388. The minimum Gasteiger partial charge on any atom is -0.459 e. The van der Waals surface area contributed by atoms with Crippen LogP contribution in [0.5, 0.6) is 0 Å². The second-order valence-electron chi connectivity index (χ2n) is 7.41. The molecule has 0 bridgehead atoms. The largest absolute Gasteiger partial charge is 0.459 e. The fraction of sp³-hybridized carbons (Fsp3) is 0.391. The van der Waals surface area contributed by atoms with Crippen molar-refractivity contribution in [3.05, 3.63) is 60.7 Å². The van der Waals surface area contributed by atoms with Crippen molar-refractivity contribution in [1.82, 2.24) is 19.7 Å². The van der Waals surface area contributed by atoms with Crippen LogP contribution >= 0.6 is 0 Å². The van der Waals surface area contributed by atoms with Gasteiger partial charge in [0.15, 0.2) is 11.7 Å². The molecule has 30 heavy (non-hydrogen) atoms. The predicted molar refractivity (Wildman–Crippen MR) is 119 cm³/mol. The summed E-state index contributed by atoms with van der Waals surface area (Å²) in [5, 5.41) is 4.67. The Bertz CT molecular complexity index is 984. The number of guanidine groups is 1. The maximum absolute atomic E-state index is 12.4. The van der Waals surface area contributed by atoms with Crippen LogP contribution in [0.25, 0.3) is 10.9 Å². The fourth-order valence-corrected chi connectivity index (χ4v) is 3.86. The number of hydrogen-bond donors (Lipinski definition) is 1. The molecule has 7 nitrogen and oxygen atoms in total. The summed E-state index contributed by atoms with van der Waals surface area (Å²) < 4.78 is 7.53. The molecule has 0 radical (unpaired) electrons. The summed E-state index contributed by atoms with van der Waals surface area (Å²) in [6.07, 6.45) is 4.66. The van der Waals surface area contributed by atoms with Crippen LogP contribution < -0.4 is 5.32 Å². The van der Waals surface area contributed by atoms with Crippen molar-refractivity contribution in [3.8, 4) is 0 Å². The number of para-hydroxylation sites is 1. The number of aromatic nitrogens is 1. The van der Waals surface area contributed by atoms with Crippen LogP contribution in [-0.4, -0.2) is 65.5 Å². The zero-order chi connectivity index (χ0) is 20.8. The Balaban J connectivity index is 1.30. The molecule has 1 aliphatic rings. The lowest BCUT2D eigenvalue weighted by molar-refractivity contribution is 0.0657. The van der Waals surface area contributed by atoms with E-state index in [1.807, 2.05) is 4.90 Å². The van der Waals surface area contributed by atoms with Crippen LogP contribution in [-0.2, 0) is 6.54 Å². The van der Waals surface area contributed by atoms with Crippen molar-refractivity contribution in [2.75, 3.05) is 39.3 Å². The highest BCUT2D eigenvalue weighted by Gasteiger charge is 2.25. The van der Waals surface area contributed by atoms with Gasteiger partial charge in [0.05, 0.1) is 6.26 Å². The van der Waals surface area contributed by atoms with E-state index in [2.05, 4.69) is 58.2 Å². The van der Waals surface area contributed by atoms with Crippen molar-refractivity contribution >= 4 is 22.8 Å². The lowest BCUT2D eigenvalue weighted by atomic mass is 10.2. The number of furan rings is 1. The molecule has 1 aliphatic heterocycles. The first kappa shape index (κ1) is 20.1. The van der Waals surface area contributed by atoms with Crippen LogP contribution in [0.15, 0.2) is 64.3 Å². The molecule has 4 rings (SSSR count). The van der Waals surface area contributed by atoms with Gasteiger partial charge in [-0.2, -0.15) is 0 Å². The molecule has 1 saturated heterocycles. The molecule has 1 amide bonds. The predicted octanol–water partition coefficient (Wildman–Crippen LogP) is 3.05. The van der Waals surface area contributed by atoms with Gasteiger partial charge in [-0.1, -0.05) is 18.2 Å². The van der Waals surface area contributed by atoms with Crippen molar-refractivity contribution in [3.63, 3.8) is 0 Å². The van der Waals surface area contributed by atoms with Crippen molar-refractivity contribution in [2.24, 2.45) is 4.99 Å². The number of hydrogen-bond acceptors (Lipinski definition) is 3. The molecule has 0 spiro atoms. The molecule has 1 aromatic carbocycles. The van der Waals surface area contributed by atoms with Crippen LogP contribution in [0.4, 0.5) is 0 Å². The minimum absolute atomic E-state index is 0.0412. The number of fused-ring (bicyclic) bond motifs is 1. The third-order valence-corrected chi connectivity index (χ3v) is 5.43. The molecular weight excluding hydrogens is 378 g/mol. The molecule has 2 aromatic heterocycles. The highest BCUT2D eigenvalue weighted by atomic mass is 16.3. The average molecular weight is 408 g/mol. The molecule has 158 valence electrons. The normalized spacial score (nSPS) is 15.0. The van der Waals surface area contributed by atoms with E-state index in [0.29, 0.717) is 18.8 Å². The SMILES string of the molecule is CCNC(=NCCCn1ccc2ccccc21)N1CCN(C(=O)c2ccco2)CC1. The second-order valence-corrected chi connectivity index (χ2v) is 7.41. The van der Waals surface area contributed by atoms with Gasteiger partial charge in [-0.25, -0.2) is 0 Å². The van der Waals surface area contributed by atoms with Gasteiger partial charge < -0.3 is 24.1 Å². The average Bonchev–Trinajstić information content (AvgIpc) is 3.46. The monoisotopic (exact) mass is 407 g/mol. The van der Waals surface area contributed by atoms with Gasteiger partial charge in [0.25, 0.3) is 5.91 Å². The molecule has 1 N–H and O–H groups in total. The van der Waals surface area contributed by atoms with E-state index in [9.17, 15) is 4.79 Å². The summed E-state index contributed by atoms with van der Waals surface area (Å²) in [5.74, 6) is 1.29. The fourth-order valence-electron chi connectivity index (χ4n) is 3.86. The molecule has 0 aliphatic carbocycles. The van der Waals surface area contributed by atoms with Crippen LogP contribution in [0, 0.1) is 0 Å². The first-order chi connectivity index (χ1) is 14.8. The van der Waals surface area contributed by atoms with Crippen molar-refractivity contribution in [2.45, 2.75) is 19.9 Å². The van der Waals surface area contributed by atoms with E-state index in [1.54, 1.807) is 12.1 Å². The Morgan fingerprint density at radius 2 is 1.87 bits per heavy atom. The molecule has 1 fully saturated rings. The minimum atomic E-state index is -0.0412. The van der Waals surface area contributed by atoms with Crippen LogP contribution in [0.2, 0.25) is 0 Å². The summed E-state index contributed by atoms with van der Waals surface area (Å²) >= 11 is 0. The number of piperazine rings is 1. The molecular formula is C23H29N5O2. The zero-order valence-electron chi connectivity index (χ0n) is 17.5. The number of aliphatic imine (C=N–C) groups is 1. The van der Waals surface area contributed by atoms with Gasteiger partial charge in [-0.3, -0.25) is 9.79 Å². The van der Waals surface area contributed by atoms with Gasteiger partial charge in [0.1, 0.15) is 0 Å². The highest BCUT2D eigenvalue weighted by Crippen LogP contribution is 2.15. The number of amides is 1. The number of nitrogens with zero attached hydrogens (tertiary/aromatic N) is 4. The number of carbonyl (C=O) groups is 1. The zero-order valence-corrected chi connectivity index (χ0v) is 17.5. The number of carbonyl (C=O) groups excluding carboxylic acids is 1. The third-order valence-electron chi connectivity index (χ3n) is 5.43. The summed E-state index contributed by atoms with van der Waals surface area (Å²) in [6.45, 7) is 7.48. The van der Waals surface area contributed by atoms with E-state index in [-0.39, 0.29) is 5.91 Å². The Morgan fingerprint density at radius 3 is 2.63 bits per heavy atom. The topological polar surface area (TPSA) is 66.0 Å². The summed E-state index contributed by atoms with van der Waals surface area (Å²) in [5.41, 5.74) is 1.27. The van der Waals surface area contributed by atoms with E-state index in [4.69, 9.17) is 9.41 Å². The molecule has 3 heterocycles. The standard InChI is InChI=1S/C23H29N5O2/c1-2-24-23(25-11-6-12-26-13-10-19-7-3-4-8-20(19)26)28-16-14-27(15-17-28)22(29)21-9-5-18-30-21/h3-5,7-10,13,18H,2,6,11-12,14-17H2,1H3,(H,24,25). The van der Waals surface area contributed by atoms with Crippen LogP contribution in [0.1, 0.15) is 23.9 Å². The Hall–Kier alpha value is -3.22. The van der Waals surface area contributed by atoms with Gasteiger partial charge >= 0.3 is 0 Å². The van der Waals surface area contributed by atoms with E-state index in [1.165, 1.54) is 17.2 Å². The Morgan fingerprint density at radius 1 is 1.07 bits per heavy atom. The lowest BCUT2D eigenvalue weighted by Gasteiger charge is -2.36. The van der Waals surface area contributed by atoms with E-state index >= 15 is 0 Å². The highest BCUT2D eigenvalue weighted by molar-refractivity contribution is 5.91. The van der Waals surface area contributed by atoms with Gasteiger partial charge in [-0.05, 0) is 43.0 Å². The number of rotatable bonds is 6. The Kier molecular flexibility index (Phi) is 6.37. The van der Waals surface area contributed by atoms with Crippen molar-refractivity contribution < 1.29 is 9.21 Å². The first-order valence-corrected chi connectivity index (χ1v) is 10.7. The molecule has 0 saturated carbocycles. The molecule has 7 heteroatoms. The molecule has 3 aromatic rings. The van der Waals surface area contributed by atoms with E-state index < -0.39 is 0 Å². The molecule has 0 unspecified atom stereocenters. The van der Waals surface area contributed by atoms with Crippen LogP contribution in [0.3, 0.4) is 0 Å². The van der Waals surface area contributed by atoms with E-state index in [0.717, 1.165) is 45.1 Å². The summed E-state index contributed by atoms with van der Waals surface area (Å²) in [7, 11) is 0. The van der Waals surface area contributed by atoms with Gasteiger partial charge in [0.2, 0.25) is 0 Å². The Labute approximate surface area is 177 Å². The summed E-state index contributed by atoms with van der Waals surface area (Å²) in [6, 6.07) is 14.1. The second kappa shape index (κ2) is 9.52. The van der Waals surface area contributed by atoms with Gasteiger partial charge in [0, 0.05) is 57.5 Å². The maximum atomic E-state index is 12.4. The number of aryl methyl sites for hydroxylation is 1.